The van der Waals surface area contributed by atoms with Crippen LogP contribution >= 0.6 is 11.8 Å². The molecule has 10 heavy (non-hydrogen) atoms. The smallest absolute Gasteiger partial charge is 0.0102 e. The van der Waals surface area contributed by atoms with Crippen molar-refractivity contribution in [3.63, 3.8) is 0 Å². The first-order valence-electron chi connectivity index (χ1n) is 4.16. The zero-order valence-electron chi connectivity index (χ0n) is 6.68. The van der Waals surface area contributed by atoms with Gasteiger partial charge in [-0.1, -0.05) is 12.8 Å². The molecular formula is C8H17NS. The van der Waals surface area contributed by atoms with Crippen LogP contribution in [-0.4, -0.2) is 17.0 Å². The molecule has 0 aromatic heterocycles. The summed E-state index contributed by atoms with van der Waals surface area (Å²) in [5.74, 6) is 1.14. The second kappa shape index (κ2) is 4.24. The molecule has 0 aromatic rings. The minimum atomic E-state index is 0.380. The van der Waals surface area contributed by atoms with Crippen molar-refractivity contribution in [2.75, 3.05) is 5.75 Å². The summed E-state index contributed by atoms with van der Waals surface area (Å²) < 4.78 is 0. The van der Waals surface area contributed by atoms with Gasteiger partial charge in [0.15, 0.2) is 0 Å². The molecule has 0 heterocycles. The van der Waals surface area contributed by atoms with Crippen LogP contribution < -0.4 is 5.73 Å². The van der Waals surface area contributed by atoms with Crippen LogP contribution in [0.3, 0.4) is 0 Å². The highest BCUT2D eigenvalue weighted by Crippen LogP contribution is 2.29. The molecule has 1 unspecified atom stereocenters. The fourth-order valence-electron chi connectivity index (χ4n) is 1.34. The Morgan fingerprint density at radius 3 is 2.60 bits per heavy atom. The van der Waals surface area contributed by atoms with Crippen molar-refractivity contribution in [1.82, 2.24) is 0 Å². The molecule has 0 spiro atoms. The Balaban J connectivity index is 2.01. The van der Waals surface area contributed by atoms with Gasteiger partial charge in [0.05, 0.1) is 0 Å². The van der Waals surface area contributed by atoms with Crippen LogP contribution in [0.25, 0.3) is 0 Å². The first kappa shape index (κ1) is 8.41. The van der Waals surface area contributed by atoms with Crippen molar-refractivity contribution in [3.05, 3.63) is 0 Å². The van der Waals surface area contributed by atoms with Crippen LogP contribution in [0.15, 0.2) is 0 Å². The minimum Gasteiger partial charge on any atom is -0.327 e. The third-order valence-electron chi connectivity index (χ3n) is 1.90. The van der Waals surface area contributed by atoms with E-state index >= 15 is 0 Å². The van der Waals surface area contributed by atoms with Crippen molar-refractivity contribution >= 4 is 11.8 Å². The monoisotopic (exact) mass is 159 g/mol. The molecule has 0 radical (unpaired) electrons. The summed E-state index contributed by atoms with van der Waals surface area (Å²) in [5, 5.41) is 0.936. The normalized spacial score (nSPS) is 23.4. The van der Waals surface area contributed by atoms with Gasteiger partial charge in [0.1, 0.15) is 0 Å². The Morgan fingerprint density at radius 2 is 2.10 bits per heavy atom. The van der Waals surface area contributed by atoms with Gasteiger partial charge >= 0.3 is 0 Å². The Morgan fingerprint density at radius 1 is 1.50 bits per heavy atom. The van der Waals surface area contributed by atoms with E-state index in [1.807, 2.05) is 0 Å². The van der Waals surface area contributed by atoms with Crippen LogP contribution in [0.2, 0.25) is 0 Å². The predicted octanol–water partition coefficient (Wildman–Crippen LogP) is 2.01. The van der Waals surface area contributed by atoms with Crippen molar-refractivity contribution < 1.29 is 0 Å². The van der Waals surface area contributed by atoms with Gasteiger partial charge in [-0.3, -0.25) is 0 Å². The maximum Gasteiger partial charge on any atom is 0.0102 e. The zero-order chi connectivity index (χ0) is 7.40. The maximum absolute atomic E-state index is 5.65. The van der Waals surface area contributed by atoms with Gasteiger partial charge < -0.3 is 5.73 Å². The zero-order valence-corrected chi connectivity index (χ0v) is 7.49. The third-order valence-corrected chi connectivity index (χ3v) is 3.56. The fourth-order valence-corrected chi connectivity index (χ4v) is 2.59. The molecule has 1 atom stereocenters. The van der Waals surface area contributed by atoms with Crippen molar-refractivity contribution in [2.45, 2.75) is 43.9 Å². The molecule has 0 saturated heterocycles. The molecule has 0 bridgehead atoms. The molecule has 1 aliphatic carbocycles. The van der Waals surface area contributed by atoms with E-state index in [0.29, 0.717) is 6.04 Å². The Bertz CT molecular complexity index is 87.3. The minimum absolute atomic E-state index is 0.380. The lowest BCUT2D eigenvalue weighted by atomic mass is 10.4. The van der Waals surface area contributed by atoms with Crippen LogP contribution in [0, 0.1) is 0 Å². The molecule has 1 nitrogen and oxygen atoms in total. The molecule has 0 amide bonds. The molecule has 1 aliphatic rings. The van der Waals surface area contributed by atoms with Gasteiger partial charge in [0, 0.05) is 17.0 Å². The number of thioether (sulfide) groups is 1. The molecule has 60 valence electrons. The maximum atomic E-state index is 5.65. The van der Waals surface area contributed by atoms with Crippen LogP contribution in [-0.2, 0) is 0 Å². The summed E-state index contributed by atoms with van der Waals surface area (Å²) in [4.78, 5) is 0. The summed E-state index contributed by atoms with van der Waals surface area (Å²) in [6.45, 7) is 2.09. The largest absolute Gasteiger partial charge is 0.327 e. The summed E-state index contributed by atoms with van der Waals surface area (Å²) in [6.07, 6.45) is 5.74. The molecular weight excluding hydrogens is 142 g/mol. The van der Waals surface area contributed by atoms with E-state index in [1.54, 1.807) is 0 Å². The van der Waals surface area contributed by atoms with E-state index < -0.39 is 0 Å². The third kappa shape index (κ3) is 2.93. The molecule has 1 rings (SSSR count). The van der Waals surface area contributed by atoms with Gasteiger partial charge in [0.25, 0.3) is 0 Å². The molecule has 1 fully saturated rings. The Kier molecular flexibility index (Phi) is 3.57. The quantitative estimate of drug-likeness (QED) is 0.681. The van der Waals surface area contributed by atoms with Gasteiger partial charge in [-0.2, -0.15) is 11.8 Å². The lowest BCUT2D eigenvalue weighted by Gasteiger charge is -2.09. The second-order valence-corrected chi connectivity index (χ2v) is 4.55. The van der Waals surface area contributed by atoms with Crippen molar-refractivity contribution in [2.24, 2.45) is 5.73 Å². The number of hydrogen-bond acceptors (Lipinski definition) is 2. The van der Waals surface area contributed by atoms with Gasteiger partial charge in [-0.05, 0) is 19.8 Å². The highest BCUT2D eigenvalue weighted by Gasteiger charge is 2.14. The number of rotatable bonds is 3. The predicted molar refractivity (Wildman–Crippen MR) is 48.4 cm³/mol. The first-order valence-corrected chi connectivity index (χ1v) is 5.21. The van der Waals surface area contributed by atoms with E-state index in [9.17, 15) is 0 Å². The summed E-state index contributed by atoms with van der Waals surface area (Å²) in [6, 6.07) is 0.380. The van der Waals surface area contributed by atoms with E-state index in [1.165, 1.54) is 25.7 Å². The molecule has 2 heteroatoms. The van der Waals surface area contributed by atoms with Gasteiger partial charge in [-0.25, -0.2) is 0 Å². The Hall–Kier alpha value is 0.310. The second-order valence-electron chi connectivity index (χ2n) is 3.22. The van der Waals surface area contributed by atoms with E-state index in [4.69, 9.17) is 5.73 Å². The highest BCUT2D eigenvalue weighted by atomic mass is 32.2. The lowest BCUT2D eigenvalue weighted by molar-refractivity contribution is 0.834. The molecule has 0 aliphatic heterocycles. The lowest BCUT2D eigenvalue weighted by Crippen LogP contribution is -2.19. The van der Waals surface area contributed by atoms with Crippen molar-refractivity contribution in [3.8, 4) is 0 Å². The SMILES string of the molecule is CC(N)CSC1CCCC1. The fraction of sp³-hybridized carbons (Fsp3) is 1.00. The molecule has 2 N–H and O–H groups in total. The standard InChI is InChI=1S/C8H17NS/c1-7(9)6-10-8-4-2-3-5-8/h7-8H,2-6,9H2,1H3. The van der Waals surface area contributed by atoms with Crippen molar-refractivity contribution in [1.29, 1.82) is 0 Å². The summed E-state index contributed by atoms with van der Waals surface area (Å²) >= 11 is 2.07. The van der Waals surface area contributed by atoms with E-state index in [-0.39, 0.29) is 0 Å². The highest BCUT2D eigenvalue weighted by molar-refractivity contribution is 7.99. The Labute approximate surface area is 67.8 Å². The summed E-state index contributed by atoms with van der Waals surface area (Å²) in [5.41, 5.74) is 5.65. The van der Waals surface area contributed by atoms with E-state index in [0.717, 1.165) is 11.0 Å². The van der Waals surface area contributed by atoms with Crippen LogP contribution in [0.5, 0.6) is 0 Å². The van der Waals surface area contributed by atoms with Crippen LogP contribution in [0.1, 0.15) is 32.6 Å². The average Bonchev–Trinajstić information content (AvgIpc) is 2.34. The van der Waals surface area contributed by atoms with Gasteiger partial charge in [-0.15, -0.1) is 0 Å². The first-order chi connectivity index (χ1) is 4.79. The molecule has 1 saturated carbocycles. The topological polar surface area (TPSA) is 26.0 Å². The van der Waals surface area contributed by atoms with Crippen LogP contribution in [0.4, 0.5) is 0 Å². The molecule has 0 aromatic carbocycles. The average molecular weight is 159 g/mol. The number of hydrogen-bond donors (Lipinski definition) is 1. The van der Waals surface area contributed by atoms with E-state index in [2.05, 4.69) is 18.7 Å². The summed E-state index contributed by atoms with van der Waals surface area (Å²) in [7, 11) is 0. The number of nitrogens with two attached hydrogens (primary N) is 1. The van der Waals surface area contributed by atoms with Gasteiger partial charge in [0.2, 0.25) is 0 Å².